The van der Waals surface area contributed by atoms with Crippen molar-refractivity contribution in [3.8, 4) is 0 Å². The van der Waals surface area contributed by atoms with Gasteiger partial charge in [-0.3, -0.25) is 0 Å². The summed E-state index contributed by atoms with van der Waals surface area (Å²) >= 11 is 5.87. The molecular weight excluding hydrogens is 537 g/mol. The van der Waals surface area contributed by atoms with E-state index in [1.165, 1.54) is 32.1 Å². The molecule has 0 fully saturated rings. The second-order valence-corrected chi connectivity index (χ2v) is 15.0. The summed E-state index contributed by atoms with van der Waals surface area (Å²) in [5.41, 5.74) is 0. The molecule has 228 valence electrons. The van der Waals surface area contributed by atoms with Gasteiger partial charge >= 0.3 is 17.6 Å². The van der Waals surface area contributed by atoms with E-state index >= 15 is 0 Å². The van der Waals surface area contributed by atoms with Crippen LogP contribution >= 0.6 is 12.2 Å². The average Bonchev–Trinajstić information content (AvgIpc) is 2.88. The van der Waals surface area contributed by atoms with Crippen molar-refractivity contribution in [2.24, 2.45) is 0 Å². The fraction of sp³-hybridized carbons (Fsp3) is 0.963. The summed E-state index contributed by atoms with van der Waals surface area (Å²) in [7, 11) is -5.36. The third-order valence-corrected chi connectivity index (χ3v) is 12.8. The van der Waals surface area contributed by atoms with Gasteiger partial charge in [0.15, 0.2) is 5.11 Å². The first kappa shape index (κ1) is 37.9. The van der Waals surface area contributed by atoms with Crippen LogP contribution in [0.1, 0.15) is 99.8 Å². The van der Waals surface area contributed by atoms with Crippen LogP contribution in [0, 0.1) is 0 Å². The van der Waals surface area contributed by atoms with Gasteiger partial charge in [-0.05, 0) is 73.0 Å². The molecule has 11 heteroatoms. The minimum Gasteiger partial charge on any atom is -0.374 e. The van der Waals surface area contributed by atoms with Crippen molar-refractivity contribution in [1.29, 1.82) is 0 Å². The van der Waals surface area contributed by atoms with Gasteiger partial charge in [-0.25, -0.2) is 0 Å². The van der Waals surface area contributed by atoms with E-state index in [1.54, 1.807) is 0 Å². The Balaban J connectivity index is 5.19. The van der Waals surface area contributed by atoms with E-state index in [-0.39, 0.29) is 0 Å². The zero-order valence-corrected chi connectivity index (χ0v) is 28.6. The monoisotopic (exact) mass is 596 g/mol. The Bertz CT molecular complexity index is 500. The number of hydrogen-bond donors (Lipinski definition) is 1. The van der Waals surface area contributed by atoms with Crippen LogP contribution in [-0.4, -0.2) is 86.9 Å². The summed E-state index contributed by atoms with van der Waals surface area (Å²) < 4.78 is 36.4. The lowest BCUT2D eigenvalue weighted by Gasteiger charge is -2.32. The zero-order chi connectivity index (χ0) is 28.5. The summed E-state index contributed by atoms with van der Waals surface area (Å²) in [5, 5.41) is 4.32. The molecule has 0 unspecified atom stereocenters. The molecule has 38 heavy (non-hydrogen) atoms. The lowest BCUT2D eigenvalue weighted by Crippen LogP contribution is -2.48. The van der Waals surface area contributed by atoms with Crippen LogP contribution in [-0.2, 0) is 26.6 Å². The molecule has 0 aromatic rings. The molecule has 0 bridgehead atoms. The molecule has 0 radical (unpaired) electrons. The van der Waals surface area contributed by atoms with Crippen molar-refractivity contribution in [3.63, 3.8) is 0 Å². The van der Waals surface area contributed by atoms with Gasteiger partial charge in [0, 0.05) is 71.4 Å². The molecule has 0 aliphatic rings. The predicted octanol–water partition coefficient (Wildman–Crippen LogP) is 6.40. The minimum absolute atomic E-state index is 0.590. The molecule has 0 aromatic carbocycles. The number of thiocarbonyl (C=S) groups is 1. The van der Waals surface area contributed by atoms with Gasteiger partial charge in [0.1, 0.15) is 0 Å². The Labute approximate surface area is 242 Å². The first-order valence-electron chi connectivity index (χ1n) is 15.3. The summed E-state index contributed by atoms with van der Waals surface area (Å²) in [6.45, 7) is 20.3. The van der Waals surface area contributed by atoms with Gasteiger partial charge in [0.2, 0.25) is 0 Å². The summed E-state index contributed by atoms with van der Waals surface area (Å²) in [5.74, 6) is 0. The lowest BCUT2D eigenvalue weighted by molar-refractivity contribution is 0.0702. The zero-order valence-electron chi connectivity index (χ0n) is 25.7. The smallest absolute Gasteiger partial charge is 0.374 e. The third-order valence-electron chi connectivity index (χ3n) is 6.10. The normalized spacial score (nSPS) is 12.2. The quantitative estimate of drug-likeness (QED) is 0.0659. The van der Waals surface area contributed by atoms with Crippen LogP contribution in [0.3, 0.4) is 0 Å². The van der Waals surface area contributed by atoms with Gasteiger partial charge in [-0.2, -0.15) is 0 Å². The number of unbranched alkanes of at least 4 members (excludes halogenated alkanes) is 5. The van der Waals surface area contributed by atoms with Crippen LogP contribution in [0.2, 0.25) is 12.1 Å². The van der Waals surface area contributed by atoms with Crippen LogP contribution in [0.5, 0.6) is 0 Å². The SMILES string of the molecule is CCCCCCCCNC(=S)N(CCC[Si](OCC)(OCC)OCC)CCC[Si](OCC)(OCC)OCC. The molecule has 0 saturated carbocycles. The van der Waals surface area contributed by atoms with Crippen molar-refractivity contribution in [2.75, 3.05) is 59.3 Å². The second kappa shape index (κ2) is 24.7. The molecule has 0 atom stereocenters. The van der Waals surface area contributed by atoms with E-state index in [9.17, 15) is 0 Å². The standard InChI is InChI=1S/C27H60N2O6SSi2/c1-8-15-16-17-18-19-22-28-27(36)29(23-20-25-37(30-9-2,31-10-3)32-11-4)24-21-26-38(33-12-5,34-13-6)35-14-7/h8-26H2,1-7H3,(H,28,36). The molecule has 0 amide bonds. The van der Waals surface area contributed by atoms with Crippen molar-refractivity contribution in [3.05, 3.63) is 0 Å². The molecule has 8 nitrogen and oxygen atoms in total. The average molecular weight is 597 g/mol. The van der Waals surface area contributed by atoms with Gasteiger partial charge in [-0.1, -0.05) is 39.0 Å². The van der Waals surface area contributed by atoms with Gasteiger partial charge in [0.05, 0.1) is 0 Å². The molecule has 0 aliphatic carbocycles. The molecule has 0 saturated heterocycles. The maximum atomic E-state index is 6.06. The molecule has 0 heterocycles. The van der Waals surface area contributed by atoms with Gasteiger partial charge in [-0.15, -0.1) is 0 Å². The summed E-state index contributed by atoms with van der Waals surface area (Å²) in [4.78, 5) is 2.28. The summed E-state index contributed by atoms with van der Waals surface area (Å²) in [6.07, 6.45) is 9.37. The Hall–Kier alpha value is -0.116. The van der Waals surface area contributed by atoms with Gasteiger partial charge < -0.3 is 36.8 Å². The first-order chi connectivity index (χ1) is 18.4. The maximum Gasteiger partial charge on any atom is 0.500 e. The van der Waals surface area contributed by atoms with Crippen LogP contribution in [0.4, 0.5) is 0 Å². The van der Waals surface area contributed by atoms with E-state index in [0.717, 1.165) is 56.1 Å². The van der Waals surface area contributed by atoms with E-state index in [1.807, 2.05) is 41.5 Å². The highest BCUT2D eigenvalue weighted by Crippen LogP contribution is 2.21. The molecule has 0 aromatic heterocycles. The fourth-order valence-corrected chi connectivity index (χ4v) is 9.97. The van der Waals surface area contributed by atoms with E-state index < -0.39 is 17.6 Å². The Kier molecular flexibility index (Phi) is 24.6. The Morgan fingerprint density at radius 3 is 1.29 bits per heavy atom. The van der Waals surface area contributed by atoms with Crippen molar-refractivity contribution in [2.45, 2.75) is 112 Å². The van der Waals surface area contributed by atoms with Crippen molar-refractivity contribution >= 4 is 34.9 Å². The molecule has 0 spiro atoms. The molecule has 0 rings (SSSR count). The lowest BCUT2D eigenvalue weighted by atomic mass is 10.1. The highest BCUT2D eigenvalue weighted by Gasteiger charge is 2.41. The molecule has 0 aliphatic heterocycles. The molecular formula is C27H60N2O6SSi2. The van der Waals surface area contributed by atoms with Crippen LogP contribution in [0.15, 0.2) is 0 Å². The number of hydrogen-bond acceptors (Lipinski definition) is 7. The van der Waals surface area contributed by atoms with Crippen molar-refractivity contribution < 1.29 is 26.6 Å². The maximum absolute atomic E-state index is 6.06. The van der Waals surface area contributed by atoms with Crippen LogP contribution in [0.25, 0.3) is 0 Å². The number of nitrogens with one attached hydrogen (secondary N) is 1. The largest absolute Gasteiger partial charge is 0.500 e. The topological polar surface area (TPSA) is 70.7 Å². The Morgan fingerprint density at radius 1 is 0.553 bits per heavy atom. The number of nitrogens with zero attached hydrogens (tertiary/aromatic N) is 1. The fourth-order valence-electron chi connectivity index (χ4n) is 4.50. The molecule has 1 N–H and O–H groups in total. The first-order valence-corrected chi connectivity index (χ1v) is 19.5. The predicted molar refractivity (Wildman–Crippen MR) is 166 cm³/mol. The number of rotatable bonds is 27. The van der Waals surface area contributed by atoms with Crippen LogP contribution < -0.4 is 5.32 Å². The minimum atomic E-state index is -2.68. The Morgan fingerprint density at radius 2 is 0.921 bits per heavy atom. The highest BCUT2D eigenvalue weighted by atomic mass is 32.1. The van der Waals surface area contributed by atoms with E-state index in [4.69, 9.17) is 38.8 Å². The third kappa shape index (κ3) is 16.9. The summed E-state index contributed by atoms with van der Waals surface area (Å²) in [6, 6.07) is 1.54. The van der Waals surface area contributed by atoms with E-state index in [2.05, 4.69) is 17.1 Å². The highest BCUT2D eigenvalue weighted by molar-refractivity contribution is 7.80. The van der Waals surface area contributed by atoms with Gasteiger partial charge in [0.25, 0.3) is 0 Å². The van der Waals surface area contributed by atoms with E-state index in [0.29, 0.717) is 39.6 Å². The second-order valence-electron chi connectivity index (χ2n) is 9.16. The van der Waals surface area contributed by atoms with Crippen molar-refractivity contribution in [1.82, 2.24) is 10.2 Å².